The molecule has 0 saturated heterocycles. The quantitative estimate of drug-likeness (QED) is 0.232. The molecule has 0 bridgehead atoms. The number of carbonyl (C=O) groups excluding carboxylic acids is 1. The van der Waals surface area contributed by atoms with Crippen LogP contribution in [0.25, 0.3) is 11.0 Å². The molecule has 0 radical (unpaired) electrons. The van der Waals surface area contributed by atoms with Crippen molar-refractivity contribution >= 4 is 28.5 Å². The van der Waals surface area contributed by atoms with Crippen LogP contribution in [0.3, 0.4) is 0 Å². The SMILES string of the molecule is CCc1ccc(OCCn2c(CCCCCNC(=O)c3cccc(Cl)c3)nc3ccccc32)cc1. The summed E-state index contributed by atoms with van der Waals surface area (Å²) in [5, 5.41) is 3.54. The van der Waals surface area contributed by atoms with Gasteiger partial charge in [0.2, 0.25) is 0 Å². The number of aromatic nitrogens is 2. The molecule has 0 aliphatic heterocycles. The van der Waals surface area contributed by atoms with E-state index in [1.54, 1.807) is 24.3 Å². The maximum atomic E-state index is 12.2. The minimum absolute atomic E-state index is 0.0846. The Kier molecular flexibility index (Phi) is 8.79. The molecule has 0 unspecified atom stereocenters. The van der Waals surface area contributed by atoms with E-state index >= 15 is 0 Å². The molecule has 4 rings (SSSR count). The summed E-state index contributed by atoms with van der Waals surface area (Å²) in [4.78, 5) is 17.1. The van der Waals surface area contributed by atoms with E-state index in [1.807, 2.05) is 18.2 Å². The molecule has 35 heavy (non-hydrogen) atoms. The van der Waals surface area contributed by atoms with Gasteiger partial charge in [0.15, 0.2) is 0 Å². The lowest BCUT2D eigenvalue weighted by molar-refractivity contribution is 0.0953. The van der Waals surface area contributed by atoms with Crippen molar-refractivity contribution in [2.45, 2.75) is 45.6 Å². The highest BCUT2D eigenvalue weighted by Gasteiger charge is 2.11. The van der Waals surface area contributed by atoms with Crippen LogP contribution >= 0.6 is 11.6 Å². The molecule has 1 N–H and O–H groups in total. The number of hydrogen-bond acceptors (Lipinski definition) is 3. The second-order valence-corrected chi connectivity index (χ2v) is 9.03. The Hall–Kier alpha value is -3.31. The largest absolute Gasteiger partial charge is 0.492 e. The first-order valence-corrected chi connectivity index (χ1v) is 12.7. The van der Waals surface area contributed by atoms with Gasteiger partial charge in [-0.3, -0.25) is 4.79 Å². The van der Waals surface area contributed by atoms with Gasteiger partial charge in [0.05, 0.1) is 17.6 Å². The molecule has 1 amide bonds. The fourth-order valence-electron chi connectivity index (χ4n) is 4.16. The van der Waals surface area contributed by atoms with Gasteiger partial charge in [-0.2, -0.15) is 0 Å². The van der Waals surface area contributed by atoms with Crippen LogP contribution in [0.5, 0.6) is 5.75 Å². The summed E-state index contributed by atoms with van der Waals surface area (Å²) in [5.41, 5.74) is 4.06. The lowest BCUT2D eigenvalue weighted by Gasteiger charge is -2.11. The number of fused-ring (bicyclic) bond motifs is 1. The van der Waals surface area contributed by atoms with Crippen LogP contribution in [0.2, 0.25) is 5.02 Å². The zero-order chi connectivity index (χ0) is 24.5. The van der Waals surface area contributed by atoms with Crippen LogP contribution in [0, 0.1) is 0 Å². The maximum absolute atomic E-state index is 12.2. The number of benzene rings is 3. The van der Waals surface area contributed by atoms with Crippen molar-refractivity contribution in [3.8, 4) is 5.75 Å². The van der Waals surface area contributed by atoms with E-state index in [1.165, 1.54) is 5.56 Å². The summed E-state index contributed by atoms with van der Waals surface area (Å²) < 4.78 is 8.28. The number of imidazole rings is 1. The molecule has 0 aliphatic carbocycles. The molecule has 0 fully saturated rings. The van der Waals surface area contributed by atoms with Crippen molar-refractivity contribution < 1.29 is 9.53 Å². The third-order valence-electron chi connectivity index (χ3n) is 6.10. The van der Waals surface area contributed by atoms with Crippen molar-refractivity contribution in [3.05, 3.63) is 94.8 Å². The molecule has 4 aromatic rings. The Labute approximate surface area is 212 Å². The Morgan fingerprint density at radius 1 is 1.00 bits per heavy atom. The summed E-state index contributed by atoms with van der Waals surface area (Å²) in [5.74, 6) is 1.89. The zero-order valence-electron chi connectivity index (χ0n) is 20.2. The lowest BCUT2D eigenvalue weighted by Crippen LogP contribution is -2.24. The van der Waals surface area contributed by atoms with Gasteiger partial charge in [-0.15, -0.1) is 0 Å². The van der Waals surface area contributed by atoms with Crippen LogP contribution in [0.1, 0.15) is 47.9 Å². The predicted octanol–water partition coefficient (Wildman–Crippen LogP) is 6.47. The topological polar surface area (TPSA) is 56.1 Å². The van der Waals surface area contributed by atoms with E-state index in [2.05, 4.69) is 47.1 Å². The average Bonchev–Trinajstić information content (AvgIpc) is 3.23. The summed E-state index contributed by atoms with van der Waals surface area (Å²) in [6.07, 6.45) is 4.86. The fourth-order valence-corrected chi connectivity index (χ4v) is 4.35. The number of nitrogens with zero attached hydrogens (tertiary/aromatic N) is 2. The van der Waals surface area contributed by atoms with Crippen molar-refractivity contribution in [1.82, 2.24) is 14.9 Å². The molecular weight excluding hydrogens is 458 g/mol. The number of rotatable bonds is 12. The van der Waals surface area contributed by atoms with Gasteiger partial charge < -0.3 is 14.6 Å². The van der Waals surface area contributed by atoms with Gasteiger partial charge in [0.25, 0.3) is 5.91 Å². The van der Waals surface area contributed by atoms with E-state index in [4.69, 9.17) is 21.3 Å². The highest BCUT2D eigenvalue weighted by molar-refractivity contribution is 6.30. The van der Waals surface area contributed by atoms with Crippen LogP contribution in [-0.4, -0.2) is 28.6 Å². The number of para-hydroxylation sites is 2. The first kappa shape index (κ1) is 24.8. The average molecular weight is 490 g/mol. The number of amides is 1. The first-order valence-electron chi connectivity index (χ1n) is 12.3. The molecule has 6 heteroatoms. The highest BCUT2D eigenvalue weighted by Crippen LogP contribution is 2.19. The Balaban J connectivity index is 1.26. The van der Waals surface area contributed by atoms with Crippen LogP contribution in [-0.2, 0) is 19.4 Å². The molecule has 1 heterocycles. The lowest BCUT2D eigenvalue weighted by atomic mass is 10.1. The molecule has 0 saturated carbocycles. The van der Waals surface area contributed by atoms with Crippen molar-refractivity contribution in [2.75, 3.05) is 13.2 Å². The number of nitrogens with one attached hydrogen (secondary N) is 1. The Morgan fingerprint density at radius 3 is 2.63 bits per heavy atom. The number of ether oxygens (including phenoxy) is 1. The second-order valence-electron chi connectivity index (χ2n) is 8.59. The monoisotopic (exact) mass is 489 g/mol. The summed E-state index contributed by atoms with van der Waals surface area (Å²) >= 11 is 5.97. The molecule has 182 valence electrons. The minimum atomic E-state index is -0.0846. The number of aryl methyl sites for hydroxylation is 2. The third kappa shape index (κ3) is 6.86. The first-order chi connectivity index (χ1) is 17.1. The number of hydrogen-bond donors (Lipinski definition) is 1. The van der Waals surface area contributed by atoms with Gasteiger partial charge in [0.1, 0.15) is 18.2 Å². The van der Waals surface area contributed by atoms with E-state index in [9.17, 15) is 4.79 Å². The molecule has 1 aromatic heterocycles. The van der Waals surface area contributed by atoms with E-state index < -0.39 is 0 Å². The fraction of sp³-hybridized carbons (Fsp3) is 0.310. The predicted molar refractivity (Wildman–Crippen MR) is 142 cm³/mol. The van der Waals surface area contributed by atoms with Crippen LogP contribution in [0.15, 0.2) is 72.8 Å². The van der Waals surface area contributed by atoms with Crippen molar-refractivity contribution in [1.29, 1.82) is 0 Å². The maximum Gasteiger partial charge on any atom is 0.251 e. The number of carbonyl (C=O) groups is 1. The Morgan fingerprint density at radius 2 is 1.83 bits per heavy atom. The Bertz CT molecular complexity index is 1250. The summed E-state index contributed by atoms with van der Waals surface area (Å²) in [6, 6.07) is 23.6. The summed E-state index contributed by atoms with van der Waals surface area (Å²) in [6.45, 7) is 4.14. The molecule has 0 spiro atoms. The van der Waals surface area contributed by atoms with Crippen LogP contribution in [0.4, 0.5) is 0 Å². The molecule has 0 atom stereocenters. The highest BCUT2D eigenvalue weighted by atomic mass is 35.5. The van der Waals surface area contributed by atoms with Gasteiger partial charge >= 0.3 is 0 Å². The van der Waals surface area contributed by atoms with E-state index in [0.29, 0.717) is 23.7 Å². The second kappa shape index (κ2) is 12.4. The minimum Gasteiger partial charge on any atom is -0.492 e. The zero-order valence-corrected chi connectivity index (χ0v) is 20.9. The smallest absolute Gasteiger partial charge is 0.251 e. The van der Waals surface area contributed by atoms with E-state index in [0.717, 1.165) is 61.3 Å². The van der Waals surface area contributed by atoms with E-state index in [-0.39, 0.29) is 5.91 Å². The number of halogens is 1. The molecule has 3 aromatic carbocycles. The summed E-state index contributed by atoms with van der Waals surface area (Å²) in [7, 11) is 0. The normalized spacial score (nSPS) is 11.0. The molecule has 0 aliphatic rings. The van der Waals surface area contributed by atoms with Crippen molar-refractivity contribution in [2.24, 2.45) is 0 Å². The number of unbranched alkanes of at least 4 members (excludes halogenated alkanes) is 2. The van der Waals surface area contributed by atoms with Gasteiger partial charge in [-0.05, 0) is 67.3 Å². The van der Waals surface area contributed by atoms with Gasteiger partial charge in [0, 0.05) is 23.6 Å². The van der Waals surface area contributed by atoms with Gasteiger partial charge in [-0.1, -0.05) is 55.3 Å². The van der Waals surface area contributed by atoms with Crippen LogP contribution < -0.4 is 10.1 Å². The van der Waals surface area contributed by atoms with Gasteiger partial charge in [-0.25, -0.2) is 4.98 Å². The standard InChI is InChI=1S/C29H32ClN3O2/c1-2-22-14-16-25(17-15-22)35-20-19-33-27-12-6-5-11-26(27)32-28(33)13-4-3-7-18-31-29(34)23-9-8-10-24(30)21-23/h5-6,8-12,14-17,21H,2-4,7,13,18-20H2,1H3,(H,31,34). The van der Waals surface area contributed by atoms with Crippen molar-refractivity contribution in [3.63, 3.8) is 0 Å². The third-order valence-corrected chi connectivity index (χ3v) is 6.33. The molecular formula is C29H32ClN3O2. The molecule has 5 nitrogen and oxygen atoms in total.